The maximum Gasteiger partial charge on any atom is 0.326 e. The molecule has 1 atom stereocenters. The number of hydrogen-bond acceptors (Lipinski definition) is 4. The van der Waals surface area contributed by atoms with Gasteiger partial charge in [0.05, 0.1) is 0 Å². The first-order valence-corrected chi connectivity index (χ1v) is 6.42. The summed E-state index contributed by atoms with van der Waals surface area (Å²) in [7, 11) is 0. The minimum Gasteiger partial charge on any atom is -0.480 e. The molecule has 0 amide bonds. The third kappa shape index (κ3) is 3.62. The number of carboxylic acid groups (broad SMARTS) is 1. The Balaban J connectivity index is 2.40. The Kier molecular flexibility index (Phi) is 5.35. The molecular weight excluding hydrogens is 232 g/mol. The van der Waals surface area contributed by atoms with Gasteiger partial charge in [-0.2, -0.15) is 0 Å². The van der Waals surface area contributed by atoms with Gasteiger partial charge in [0, 0.05) is 12.3 Å². The highest BCUT2D eigenvalue weighted by atomic mass is 32.2. The highest BCUT2D eigenvalue weighted by molar-refractivity contribution is 8.22. The van der Waals surface area contributed by atoms with E-state index in [1.54, 1.807) is 0 Å². The Morgan fingerprint density at radius 2 is 2.40 bits per heavy atom. The van der Waals surface area contributed by atoms with Crippen molar-refractivity contribution in [2.75, 3.05) is 18.8 Å². The van der Waals surface area contributed by atoms with Crippen LogP contribution < -0.4 is 5.73 Å². The van der Waals surface area contributed by atoms with E-state index in [4.69, 9.17) is 23.1 Å². The zero-order valence-corrected chi connectivity index (χ0v) is 10.1. The number of nitrogens with two attached hydrogens (primary N) is 1. The van der Waals surface area contributed by atoms with Crippen LogP contribution >= 0.6 is 24.0 Å². The van der Waals surface area contributed by atoms with Gasteiger partial charge in [-0.05, 0) is 25.8 Å². The molecule has 0 aliphatic carbocycles. The molecule has 1 fully saturated rings. The predicted molar refractivity (Wildman–Crippen MR) is 66.1 cm³/mol. The van der Waals surface area contributed by atoms with Crippen molar-refractivity contribution in [3.05, 3.63) is 0 Å². The summed E-state index contributed by atoms with van der Waals surface area (Å²) in [6.45, 7) is 1.42. The number of carboxylic acids is 1. The van der Waals surface area contributed by atoms with Crippen LogP contribution in [0, 0.1) is 0 Å². The van der Waals surface area contributed by atoms with E-state index in [1.165, 1.54) is 11.8 Å². The lowest BCUT2D eigenvalue weighted by atomic mass is 10.2. The van der Waals surface area contributed by atoms with Crippen molar-refractivity contribution in [3.63, 3.8) is 0 Å². The largest absolute Gasteiger partial charge is 0.480 e. The third-order valence-electron chi connectivity index (χ3n) is 2.35. The summed E-state index contributed by atoms with van der Waals surface area (Å²) in [5.41, 5.74) is 5.38. The van der Waals surface area contributed by atoms with Crippen molar-refractivity contribution in [1.82, 2.24) is 4.90 Å². The summed E-state index contributed by atoms with van der Waals surface area (Å²) < 4.78 is 0.702. The van der Waals surface area contributed by atoms with E-state index in [1.807, 2.05) is 4.90 Å². The highest BCUT2D eigenvalue weighted by Crippen LogP contribution is 2.22. The summed E-state index contributed by atoms with van der Waals surface area (Å²) in [4.78, 5) is 12.7. The van der Waals surface area contributed by atoms with Crippen LogP contribution in [-0.4, -0.2) is 45.2 Å². The molecule has 0 saturated carbocycles. The van der Waals surface area contributed by atoms with Gasteiger partial charge in [-0.25, -0.2) is 4.79 Å². The van der Waals surface area contributed by atoms with Gasteiger partial charge in [0.25, 0.3) is 0 Å². The minimum absolute atomic E-state index is 0.414. The van der Waals surface area contributed by atoms with Crippen LogP contribution in [0.4, 0.5) is 0 Å². The number of rotatable bonds is 4. The molecule has 0 aromatic rings. The zero-order valence-electron chi connectivity index (χ0n) is 8.52. The number of aliphatic carboxylic acids is 1. The number of thioether (sulfide) groups is 1. The van der Waals surface area contributed by atoms with Crippen LogP contribution in [0.1, 0.15) is 19.3 Å². The van der Waals surface area contributed by atoms with Crippen LogP contribution in [-0.2, 0) is 4.79 Å². The van der Waals surface area contributed by atoms with Gasteiger partial charge in [0.15, 0.2) is 0 Å². The molecule has 1 rings (SSSR count). The van der Waals surface area contributed by atoms with Crippen LogP contribution in [0.5, 0.6) is 0 Å². The Morgan fingerprint density at radius 1 is 1.67 bits per heavy atom. The fourth-order valence-electron chi connectivity index (χ4n) is 1.57. The standard InChI is InChI=1S/C9H16N2O2S2/c10-4-2-6-15-9(14)11-5-1-3-7(11)8(12)13/h7H,1-6,10H2,(H,12,13). The second-order valence-electron chi connectivity index (χ2n) is 3.45. The first-order valence-electron chi connectivity index (χ1n) is 5.03. The molecule has 0 spiro atoms. The summed E-state index contributed by atoms with van der Waals surface area (Å²) in [6.07, 6.45) is 2.53. The van der Waals surface area contributed by atoms with Crippen LogP contribution in [0.15, 0.2) is 0 Å². The number of carbonyl (C=O) groups is 1. The average Bonchev–Trinajstić information content (AvgIpc) is 2.66. The monoisotopic (exact) mass is 248 g/mol. The first kappa shape index (κ1) is 12.7. The molecule has 0 bridgehead atoms. The topological polar surface area (TPSA) is 66.6 Å². The fraction of sp³-hybridized carbons (Fsp3) is 0.778. The Labute approximate surface area is 99.2 Å². The van der Waals surface area contributed by atoms with Crippen LogP contribution in [0.25, 0.3) is 0 Å². The molecule has 1 aliphatic rings. The van der Waals surface area contributed by atoms with E-state index in [2.05, 4.69) is 0 Å². The lowest BCUT2D eigenvalue weighted by molar-refractivity contribution is -0.140. The number of nitrogens with zero attached hydrogens (tertiary/aromatic N) is 1. The van der Waals surface area contributed by atoms with Gasteiger partial charge in [-0.1, -0.05) is 24.0 Å². The number of likely N-dealkylation sites (tertiary alicyclic amines) is 1. The van der Waals surface area contributed by atoms with Crippen LogP contribution in [0.3, 0.4) is 0 Å². The van der Waals surface area contributed by atoms with Gasteiger partial charge in [0.2, 0.25) is 0 Å². The van der Waals surface area contributed by atoms with Crippen molar-refractivity contribution in [2.24, 2.45) is 5.73 Å². The molecule has 4 nitrogen and oxygen atoms in total. The van der Waals surface area contributed by atoms with Gasteiger partial charge in [0.1, 0.15) is 10.4 Å². The van der Waals surface area contributed by atoms with Crippen molar-refractivity contribution in [2.45, 2.75) is 25.3 Å². The number of thiocarbonyl (C=S) groups is 1. The van der Waals surface area contributed by atoms with Crippen molar-refractivity contribution >= 4 is 34.3 Å². The van der Waals surface area contributed by atoms with Crippen molar-refractivity contribution < 1.29 is 9.90 Å². The lowest BCUT2D eigenvalue weighted by Gasteiger charge is -2.23. The molecule has 3 N–H and O–H groups in total. The fourth-order valence-corrected chi connectivity index (χ4v) is 2.91. The van der Waals surface area contributed by atoms with Gasteiger partial charge in [-0.3, -0.25) is 0 Å². The minimum atomic E-state index is -0.769. The average molecular weight is 248 g/mol. The summed E-state index contributed by atoms with van der Waals surface area (Å²) in [5.74, 6) is 0.104. The molecule has 0 radical (unpaired) electrons. The van der Waals surface area contributed by atoms with Gasteiger partial charge in [-0.15, -0.1) is 0 Å². The highest BCUT2D eigenvalue weighted by Gasteiger charge is 2.31. The molecule has 15 heavy (non-hydrogen) atoms. The van der Waals surface area contributed by atoms with E-state index in [0.29, 0.717) is 17.3 Å². The summed E-state index contributed by atoms with van der Waals surface area (Å²) in [5, 5.41) is 8.97. The van der Waals surface area contributed by atoms with Crippen LogP contribution in [0.2, 0.25) is 0 Å². The molecule has 0 aromatic heterocycles. The van der Waals surface area contributed by atoms with E-state index in [9.17, 15) is 4.79 Å². The quantitative estimate of drug-likeness (QED) is 0.569. The molecule has 1 aliphatic heterocycles. The Hall–Kier alpha value is -0.330. The van der Waals surface area contributed by atoms with E-state index >= 15 is 0 Å². The third-order valence-corrected chi connectivity index (χ3v) is 3.91. The van der Waals surface area contributed by atoms with Gasteiger partial charge < -0.3 is 15.7 Å². The lowest BCUT2D eigenvalue weighted by Crippen LogP contribution is -2.38. The van der Waals surface area contributed by atoms with E-state index in [-0.39, 0.29) is 0 Å². The first-order chi connectivity index (χ1) is 7.16. The molecular formula is C9H16N2O2S2. The molecule has 1 unspecified atom stereocenters. The maximum atomic E-state index is 10.9. The van der Waals surface area contributed by atoms with E-state index in [0.717, 1.165) is 25.1 Å². The predicted octanol–water partition coefficient (Wildman–Crippen LogP) is 0.902. The van der Waals surface area contributed by atoms with Gasteiger partial charge >= 0.3 is 5.97 Å². The van der Waals surface area contributed by atoms with Crippen molar-refractivity contribution in [1.29, 1.82) is 0 Å². The SMILES string of the molecule is NCCCSC(=S)N1CCCC1C(=O)O. The maximum absolute atomic E-state index is 10.9. The summed E-state index contributed by atoms with van der Waals surface area (Å²) in [6, 6.07) is -0.414. The molecule has 0 aromatic carbocycles. The van der Waals surface area contributed by atoms with E-state index < -0.39 is 12.0 Å². The molecule has 1 saturated heterocycles. The number of hydrogen-bond donors (Lipinski definition) is 2. The van der Waals surface area contributed by atoms with Crippen molar-refractivity contribution in [3.8, 4) is 0 Å². The molecule has 1 heterocycles. The second kappa shape index (κ2) is 6.30. The second-order valence-corrected chi connectivity index (χ2v) is 5.17. The Morgan fingerprint density at radius 3 is 3.00 bits per heavy atom. The normalized spacial score (nSPS) is 20.6. The zero-order chi connectivity index (χ0) is 11.3. The Bertz CT molecular complexity index is 248. The smallest absolute Gasteiger partial charge is 0.326 e. The molecule has 86 valence electrons. The molecule has 6 heteroatoms. The summed E-state index contributed by atoms with van der Waals surface area (Å²) >= 11 is 6.74.